The van der Waals surface area contributed by atoms with Crippen molar-refractivity contribution in [3.8, 4) is 10.7 Å². The highest BCUT2D eigenvalue weighted by Gasteiger charge is 2.11. The molecule has 2 aromatic heterocycles. The number of aromatic nitrogens is 2. The lowest BCUT2D eigenvalue weighted by Gasteiger charge is -2.03. The van der Waals surface area contributed by atoms with E-state index in [4.69, 9.17) is 23.2 Å². The summed E-state index contributed by atoms with van der Waals surface area (Å²) in [6.07, 6.45) is 0. The standard InChI is InChI=1S/C16H8Cl2N2S/c17-10-5-6-11-12(8-10)19-16(20-15(11)18)14-7-9-3-1-2-4-13(9)21-14/h1-8H. The monoisotopic (exact) mass is 330 g/mol. The van der Waals surface area contributed by atoms with Crippen molar-refractivity contribution in [1.29, 1.82) is 0 Å². The van der Waals surface area contributed by atoms with Crippen LogP contribution in [0.4, 0.5) is 0 Å². The summed E-state index contributed by atoms with van der Waals surface area (Å²) >= 11 is 14.0. The van der Waals surface area contributed by atoms with E-state index in [0.29, 0.717) is 16.0 Å². The Morgan fingerprint density at radius 3 is 2.62 bits per heavy atom. The number of nitrogens with zero attached hydrogens (tertiary/aromatic N) is 2. The van der Waals surface area contributed by atoms with Gasteiger partial charge in [-0.3, -0.25) is 0 Å². The predicted molar refractivity (Wildman–Crippen MR) is 90.4 cm³/mol. The number of hydrogen-bond acceptors (Lipinski definition) is 3. The summed E-state index contributed by atoms with van der Waals surface area (Å²) in [5.74, 6) is 0.635. The Balaban J connectivity index is 1.97. The van der Waals surface area contributed by atoms with Gasteiger partial charge in [-0.05, 0) is 35.7 Å². The molecular weight excluding hydrogens is 323 g/mol. The van der Waals surface area contributed by atoms with Crippen LogP contribution in [-0.2, 0) is 0 Å². The van der Waals surface area contributed by atoms with Gasteiger partial charge >= 0.3 is 0 Å². The van der Waals surface area contributed by atoms with E-state index in [2.05, 4.69) is 28.2 Å². The fraction of sp³-hybridized carbons (Fsp3) is 0. The predicted octanol–water partition coefficient (Wildman–Crippen LogP) is 5.82. The number of thiophene rings is 1. The molecule has 2 heterocycles. The summed E-state index contributed by atoms with van der Waals surface area (Å²) < 4.78 is 1.21. The molecule has 0 saturated carbocycles. The normalized spacial score (nSPS) is 11.3. The van der Waals surface area contributed by atoms with Gasteiger partial charge in [0.15, 0.2) is 5.82 Å². The molecule has 0 N–H and O–H groups in total. The quantitative estimate of drug-likeness (QED) is 0.411. The lowest BCUT2D eigenvalue weighted by atomic mass is 10.2. The van der Waals surface area contributed by atoms with E-state index < -0.39 is 0 Å². The summed E-state index contributed by atoms with van der Waals surface area (Å²) in [6.45, 7) is 0. The van der Waals surface area contributed by atoms with Gasteiger partial charge in [-0.25, -0.2) is 9.97 Å². The lowest BCUT2D eigenvalue weighted by molar-refractivity contribution is 1.24. The Hall–Kier alpha value is -1.68. The van der Waals surface area contributed by atoms with Gasteiger partial charge in [-0.1, -0.05) is 41.4 Å². The zero-order valence-electron chi connectivity index (χ0n) is 10.7. The molecule has 0 saturated heterocycles. The van der Waals surface area contributed by atoms with Crippen molar-refractivity contribution in [2.24, 2.45) is 0 Å². The molecule has 0 aliphatic heterocycles. The molecule has 0 aliphatic rings. The molecule has 4 rings (SSSR count). The van der Waals surface area contributed by atoms with Crippen LogP contribution < -0.4 is 0 Å². The van der Waals surface area contributed by atoms with E-state index in [1.807, 2.05) is 18.2 Å². The van der Waals surface area contributed by atoms with Gasteiger partial charge in [0.2, 0.25) is 0 Å². The van der Waals surface area contributed by atoms with Gasteiger partial charge < -0.3 is 0 Å². The second-order valence-electron chi connectivity index (χ2n) is 4.65. The minimum absolute atomic E-state index is 0.448. The summed E-state index contributed by atoms with van der Waals surface area (Å²) in [7, 11) is 0. The van der Waals surface area contributed by atoms with Crippen LogP contribution in [0.1, 0.15) is 0 Å². The zero-order chi connectivity index (χ0) is 14.4. The number of rotatable bonds is 1. The number of fused-ring (bicyclic) bond motifs is 2. The molecule has 0 radical (unpaired) electrons. The third-order valence-electron chi connectivity index (χ3n) is 3.26. The van der Waals surface area contributed by atoms with Gasteiger partial charge in [0, 0.05) is 15.1 Å². The van der Waals surface area contributed by atoms with Crippen LogP contribution in [0, 0.1) is 0 Å². The maximum Gasteiger partial charge on any atom is 0.171 e. The summed E-state index contributed by atoms with van der Waals surface area (Å²) in [5.41, 5.74) is 0.759. The fourth-order valence-electron chi connectivity index (χ4n) is 2.27. The van der Waals surface area contributed by atoms with Crippen molar-refractivity contribution in [3.05, 3.63) is 58.7 Å². The maximum atomic E-state index is 6.27. The minimum atomic E-state index is 0.448. The first-order valence-electron chi connectivity index (χ1n) is 6.32. The number of benzene rings is 2. The Morgan fingerprint density at radius 1 is 0.905 bits per heavy atom. The van der Waals surface area contributed by atoms with Gasteiger partial charge in [-0.15, -0.1) is 11.3 Å². The second kappa shape index (κ2) is 4.95. The molecule has 2 aromatic carbocycles. The molecule has 0 bridgehead atoms. The van der Waals surface area contributed by atoms with Crippen LogP contribution in [0.5, 0.6) is 0 Å². The average molecular weight is 331 g/mol. The topological polar surface area (TPSA) is 25.8 Å². The van der Waals surface area contributed by atoms with E-state index in [0.717, 1.165) is 15.8 Å². The third-order valence-corrected chi connectivity index (χ3v) is 4.89. The van der Waals surface area contributed by atoms with Crippen molar-refractivity contribution in [2.75, 3.05) is 0 Å². The van der Waals surface area contributed by atoms with Crippen LogP contribution in [0.2, 0.25) is 10.2 Å². The van der Waals surface area contributed by atoms with Gasteiger partial charge in [-0.2, -0.15) is 0 Å². The molecule has 4 aromatic rings. The molecule has 0 unspecified atom stereocenters. The van der Waals surface area contributed by atoms with Crippen LogP contribution in [0.3, 0.4) is 0 Å². The van der Waals surface area contributed by atoms with Crippen LogP contribution >= 0.6 is 34.5 Å². The fourth-order valence-corrected chi connectivity index (χ4v) is 3.67. The van der Waals surface area contributed by atoms with Gasteiger partial charge in [0.1, 0.15) is 5.15 Å². The molecule has 21 heavy (non-hydrogen) atoms. The highest BCUT2D eigenvalue weighted by molar-refractivity contribution is 7.22. The van der Waals surface area contributed by atoms with Crippen LogP contribution in [-0.4, -0.2) is 9.97 Å². The molecule has 0 spiro atoms. The Kier molecular flexibility index (Phi) is 3.07. The van der Waals surface area contributed by atoms with Crippen molar-refractivity contribution >= 4 is 55.5 Å². The summed E-state index contributed by atoms with van der Waals surface area (Å²) in [5, 5.41) is 3.08. The average Bonchev–Trinajstić information content (AvgIpc) is 2.90. The third kappa shape index (κ3) is 2.27. The highest BCUT2D eigenvalue weighted by Crippen LogP contribution is 2.33. The van der Waals surface area contributed by atoms with Crippen molar-refractivity contribution in [1.82, 2.24) is 9.97 Å². The molecule has 0 amide bonds. The first-order valence-corrected chi connectivity index (χ1v) is 7.90. The zero-order valence-corrected chi connectivity index (χ0v) is 13.0. The van der Waals surface area contributed by atoms with E-state index >= 15 is 0 Å². The SMILES string of the molecule is Clc1ccc2c(Cl)nc(-c3cc4ccccc4s3)nc2c1. The van der Waals surface area contributed by atoms with Crippen LogP contribution in [0.25, 0.3) is 31.7 Å². The molecule has 0 atom stereocenters. The van der Waals surface area contributed by atoms with Gasteiger partial charge in [0.05, 0.1) is 10.4 Å². The first-order chi connectivity index (χ1) is 10.2. The van der Waals surface area contributed by atoms with Crippen molar-refractivity contribution in [3.63, 3.8) is 0 Å². The largest absolute Gasteiger partial charge is 0.227 e. The highest BCUT2D eigenvalue weighted by atomic mass is 35.5. The van der Waals surface area contributed by atoms with Gasteiger partial charge in [0.25, 0.3) is 0 Å². The Bertz CT molecular complexity index is 946. The number of halogens is 2. The van der Waals surface area contributed by atoms with Crippen molar-refractivity contribution in [2.45, 2.75) is 0 Å². The number of hydrogen-bond donors (Lipinski definition) is 0. The van der Waals surface area contributed by atoms with E-state index in [1.54, 1.807) is 23.5 Å². The molecule has 0 aliphatic carbocycles. The molecule has 5 heteroatoms. The maximum absolute atomic E-state index is 6.27. The van der Waals surface area contributed by atoms with E-state index in [1.165, 1.54) is 10.1 Å². The van der Waals surface area contributed by atoms with E-state index in [9.17, 15) is 0 Å². The Labute approximate surface area is 135 Å². The smallest absolute Gasteiger partial charge is 0.171 e. The van der Waals surface area contributed by atoms with Crippen molar-refractivity contribution < 1.29 is 0 Å². The molecule has 0 fully saturated rings. The lowest BCUT2D eigenvalue weighted by Crippen LogP contribution is -1.90. The second-order valence-corrected chi connectivity index (χ2v) is 6.53. The summed E-state index contributed by atoms with van der Waals surface area (Å²) in [6, 6.07) is 15.7. The Morgan fingerprint density at radius 2 is 1.76 bits per heavy atom. The summed E-state index contributed by atoms with van der Waals surface area (Å²) in [4.78, 5) is 10.0. The molecular formula is C16H8Cl2N2S. The first kappa shape index (κ1) is 13.0. The molecule has 102 valence electrons. The van der Waals surface area contributed by atoms with E-state index in [-0.39, 0.29) is 0 Å². The van der Waals surface area contributed by atoms with Crippen LogP contribution in [0.15, 0.2) is 48.5 Å². The molecule has 2 nitrogen and oxygen atoms in total. The minimum Gasteiger partial charge on any atom is -0.227 e.